The molecule has 0 radical (unpaired) electrons. The van der Waals surface area contributed by atoms with Crippen molar-refractivity contribution in [1.29, 1.82) is 0 Å². The summed E-state index contributed by atoms with van der Waals surface area (Å²) in [5, 5.41) is 0. The SMILES string of the molecule is O=C1OC[C@@]2(c3ccccc3)C1[C@@H]2C1CCCCC1. The average molecular weight is 256 g/mol. The summed E-state index contributed by atoms with van der Waals surface area (Å²) in [4.78, 5) is 12.0. The van der Waals surface area contributed by atoms with E-state index >= 15 is 0 Å². The van der Waals surface area contributed by atoms with Gasteiger partial charge in [-0.1, -0.05) is 62.4 Å². The summed E-state index contributed by atoms with van der Waals surface area (Å²) in [6.45, 7) is 0.613. The van der Waals surface area contributed by atoms with E-state index in [1.54, 1.807) is 0 Å². The van der Waals surface area contributed by atoms with Crippen molar-refractivity contribution in [3.05, 3.63) is 35.9 Å². The highest BCUT2D eigenvalue weighted by atomic mass is 16.5. The fourth-order valence-electron chi connectivity index (χ4n) is 4.68. The molecule has 0 spiro atoms. The molecular formula is C17H20O2. The highest BCUT2D eigenvalue weighted by molar-refractivity contribution is 5.83. The van der Waals surface area contributed by atoms with E-state index in [4.69, 9.17) is 4.74 Å². The number of esters is 1. The summed E-state index contributed by atoms with van der Waals surface area (Å²) < 4.78 is 5.35. The van der Waals surface area contributed by atoms with E-state index in [0.29, 0.717) is 12.5 Å². The Morgan fingerprint density at radius 2 is 1.79 bits per heavy atom. The molecule has 2 heteroatoms. The molecule has 0 amide bonds. The first-order valence-corrected chi connectivity index (χ1v) is 7.56. The second kappa shape index (κ2) is 4.09. The molecule has 1 aromatic carbocycles. The maximum absolute atomic E-state index is 12.0. The van der Waals surface area contributed by atoms with E-state index in [1.165, 1.54) is 37.7 Å². The third-order valence-corrected chi connectivity index (χ3v) is 5.58. The number of ether oxygens (including phenoxy) is 1. The second-order valence-electron chi connectivity index (χ2n) is 6.42. The van der Waals surface area contributed by atoms with Crippen LogP contribution in [0.25, 0.3) is 0 Å². The van der Waals surface area contributed by atoms with Gasteiger partial charge in [0.15, 0.2) is 0 Å². The third-order valence-electron chi connectivity index (χ3n) is 5.58. The van der Waals surface area contributed by atoms with Gasteiger partial charge in [0.1, 0.15) is 6.61 Å². The van der Waals surface area contributed by atoms with Crippen LogP contribution in [0.4, 0.5) is 0 Å². The molecule has 1 unspecified atom stereocenters. The van der Waals surface area contributed by atoms with Gasteiger partial charge in [-0.25, -0.2) is 0 Å². The molecule has 0 bridgehead atoms. The van der Waals surface area contributed by atoms with Crippen LogP contribution in [-0.4, -0.2) is 12.6 Å². The Balaban J connectivity index is 1.68. The lowest BCUT2D eigenvalue weighted by Gasteiger charge is -2.25. The van der Waals surface area contributed by atoms with Crippen molar-refractivity contribution >= 4 is 5.97 Å². The molecule has 1 heterocycles. The molecule has 3 aliphatic rings. The molecule has 2 saturated carbocycles. The molecular weight excluding hydrogens is 236 g/mol. The Bertz CT molecular complexity index is 489. The molecule has 3 atom stereocenters. The molecule has 4 rings (SSSR count). The van der Waals surface area contributed by atoms with E-state index in [2.05, 4.69) is 24.3 Å². The monoisotopic (exact) mass is 256 g/mol. The number of hydrogen-bond acceptors (Lipinski definition) is 2. The van der Waals surface area contributed by atoms with E-state index in [0.717, 1.165) is 5.92 Å². The largest absolute Gasteiger partial charge is 0.464 e. The second-order valence-corrected chi connectivity index (χ2v) is 6.42. The van der Waals surface area contributed by atoms with Gasteiger partial charge in [0, 0.05) is 5.41 Å². The predicted octanol–water partition coefficient (Wildman–Crippen LogP) is 3.31. The standard InChI is InChI=1S/C17H20O2/c18-16-15-14(12-7-3-1-4-8-12)17(15,11-19-16)13-9-5-2-6-10-13/h2,5-6,9-10,12,14-15H,1,3-4,7-8,11H2/t14-,15?,17-/m0/s1. The lowest BCUT2D eigenvalue weighted by atomic mass is 9.81. The van der Waals surface area contributed by atoms with Crippen molar-refractivity contribution in [3.63, 3.8) is 0 Å². The Morgan fingerprint density at radius 1 is 1.05 bits per heavy atom. The van der Waals surface area contributed by atoms with E-state index in [9.17, 15) is 4.79 Å². The fourth-order valence-corrected chi connectivity index (χ4v) is 4.68. The van der Waals surface area contributed by atoms with E-state index in [1.807, 2.05) is 6.07 Å². The van der Waals surface area contributed by atoms with Crippen LogP contribution in [0.3, 0.4) is 0 Å². The highest BCUT2D eigenvalue weighted by Gasteiger charge is 2.75. The highest BCUT2D eigenvalue weighted by Crippen LogP contribution is 2.68. The number of carbonyl (C=O) groups is 1. The normalized spacial score (nSPS) is 37.8. The van der Waals surface area contributed by atoms with Crippen LogP contribution in [0, 0.1) is 17.8 Å². The lowest BCUT2D eigenvalue weighted by Crippen LogP contribution is -2.22. The number of carbonyl (C=O) groups excluding carboxylic acids is 1. The van der Waals surface area contributed by atoms with Crippen LogP contribution in [0.2, 0.25) is 0 Å². The van der Waals surface area contributed by atoms with Gasteiger partial charge >= 0.3 is 5.97 Å². The van der Waals surface area contributed by atoms with Gasteiger partial charge in [0.05, 0.1) is 5.92 Å². The molecule has 100 valence electrons. The molecule has 0 N–H and O–H groups in total. The van der Waals surface area contributed by atoms with Crippen molar-refractivity contribution in [2.75, 3.05) is 6.61 Å². The maximum atomic E-state index is 12.0. The summed E-state index contributed by atoms with van der Waals surface area (Å²) in [7, 11) is 0. The van der Waals surface area contributed by atoms with Crippen molar-refractivity contribution in [1.82, 2.24) is 0 Å². The predicted molar refractivity (Wildman–Crippen MR) is 72.6 cm³/mol. The molecule has 0 aromatic heterocycles. The van der Waals surface area contributed by atoms with Crippen LogP contribution in [0.1, 0.15) is 37.7 Å². The van der Waals surface area contributed by atoms with Gasteiger partial charge in [-0.2, -0.15) is 0 Å². The number of fused-ring (bicyclic) bond motifs is 1. The third kappa shape index (κ3) is 1.52. The minimum absolute atomic E-state index is 0.0281. The minimum atomic E-state index is 0.0281. The Hall–Kier alpha value is -1.31. The maximum Gasteiger partial charge on any atom is 0.310 e. The molecule has 1 saturated heterocycles. The van der Waals surface area contributed by atoms with E-state index < -0.39 is 0 Å². The van der Waals surface area contributed by atoms with E-state index in [-0.39, 0.29) is 17.3 Å². The summed E-state index contributed by atoms with van der Waals surface area (Å²) in [6, 6.07) is 10.6. The molecule has 3 fully saturated rings. The van der Waals surface area contributed by atoms with Crippen LogP contribution >= 0.6 is 0 Å². The number of hydrogen-bond donors (Lipinski definition) is 0. The van der Waals surface area contributed by atoms with Crippen molar-refractivity contribution in [2.45, 2.75) is 37.5 Å². The first kappa shape index (κ1) is 11.5. The number of cyclic esters (lactones) is 1. The summed E-state index contributed by atoms with van der Waals surface area (Å²) in [6.07, 6.45) is 6.67. The van der Waals surface area contributed by atoms with Gasteiger partial charge in [-0.15, -0.1) is 0 Å². The molecule has 1 aromatic rings. The Morgan fingerprint density at radius 3 is 2.53 bits per heavy atom. The van der Waals surface area contributed by atoms with Crippen molar-refractivity contribution < 1.29 is 9.53 Å². The lowest BCUT2D eigenvalue weighted by molar-refractivity contribution is -0.142. The van der Waals surface area contributed by atoms with Gasteiger partial charge in [-0.3, -0.25) is 4.79 Å². The summed E-state index contributed by atoms with van der Waals surface area (Å²) in [5.41, 5.74) is 1.35. The Labute approximate surface area is 114 Å². The Kier molecular flexibility index (Phi) is 2.48. The summed E-state index contributed by atoms with van der Waals surface area (Å²) in [5.74, 6) is 1.50. The van der Waals surface area contributed by atoms with Gasteiger partial charge < -0.3 is 4.74 Å². The molecule has 2 nitrogen and oxygen atoms in total. The fraction of sp³-hybridized carbons (Fsp3) is 0.588. The van der Waals surface area contributed by atoms with Crippen LogP contribution in [0.5, 0.6) is 0 Å². The summed E-state index contributed by atoms with van der Waals surface area (Å²) >= 11 is 0. The minimum Gasteiger partial charge on any atom is -0.464 e. The average Bonchev–Trinajstić information content (AvgIpc) is 3.06. The molecule has 2 aliphatic carbocycles. The zero-order valence-corrected chi connectivity index (χ0v) is 11.2. The zero-order chi connectivity index (χ0) is 12.9. The first-order valence-electron chi connectivity index (χ1n) is 7.56. The van der Waals surface area contributed by atoms with Gasteiger partial charge in [-0.05, 0) is 17.4 Å². The first-order chi connectivity index (χ1) is 9.34. The van der Waals surface area contributed by atoms with Crippen LogP contribution in [-0.2, 0) is 14.9 Å². The van der Waals surface area contributed by atoms with Gasteiger partial charge in [0.25, 0.3) is 0 Å². The molecule has 19 heavy (non-hydrogen) atoms. The number of benzene rings is 1. The van der Waals surface area contributed by atoms with Crippen LogP contribution < -0.4 is 0 Å². The molecule has 1 aliphatic heterocycles. The van der Waals surface area contributed by atoms with Gasteiger partial charge in [0.2, 0.25) is 0 Å². The van der Waals surface area contributed by atoms with Crippen molar-refractivity contribution in [2.24, 2.45) is 17.8 Å². The van der Waals surface area contributed by atoms with Crippen molar-refractivity contribution in [3.8, 4) is 0 Å². The zero-order valence-electron chi connectivity index (χ0n) is 11.2. The smallest absolute Gasteiger partial charge is 0.310 e. The van der Waals surface area contributed by atoms with Crippen LogP contribution in [0.15, 0.2) is 30.3 Å². The topological polar surface area (TPSA) is 26.3 Å². The quantitative estimate of drug-likeness (QED) is 0.759. The number of rotatable bonds is 2.